The number of rotatable bonds is 10. The van der Waals surface area contributed by atoms with E-state index in [1.807, 2.05) is 6.07 Å². The summed E-state index contributed by atoms with van der Waals surface area (Å²) in [5.74, 6) is -2.30. The Morgan fingerprint density at radius 1 is 0.778 bits per heavy atom. The summed E-state index contributed by atoms with van der Waals surface area (Å²) in [5, 5.41) is 0. The van der Waals surface area contributed by atoms with Gasteiger partial charge in [-0.15, -0.1) is 0 Å². The van der Waals surface area contributed by atoms with Gasteiger partial charge >= 0.3 is 0 Å². The van der Waals surface area contributed by atoms with Gasteiger partial charge in [-0.2, -0.15) is 0 Å². The molecule has 188 valence electrons. The van der Waals surface area contributed by atoms with Crippen molar-refractivity contribution in [3.63, 3.8) is 0 Å². The van der Waals surface area contributed by atoms with E-state index < -0.39 is 11.6 Å². The predicted octanol–water partition coefficient (Wildman–Crippen LogP) is 7.92. The van der Waals surface area contributed by atoms with Gasteiger partial charge in [0.25, 0.3) is 0 Å². The third-order valence-corrected chi connectivity index (χ3v) is 6.86. The molecule has 0 amide bonds. The Morgan fingerprint density at radius 3 is 2.11 bits per heavy atom. The van der Waals surface area contributed by atoms with Crippen molar-refractivity contribution in [3.05, 3.63) is 83.2 Å². The molecule has 4 rings (SSSR count). The van der Waals surface area contributed by atoms with Crippen LogP contribution in [0.15, 0.2) is 54.6 Å². The molecule has 1 saturated heterocycles. The number of ether oxygens (including phenoxy) is 2. The molecule has 0 saturated carbocycles. The molecule has 1 heterocycles. The van der Waals surface area contributed by atoms with E-state index in [0.29, 0.717) is 29.9 Å². The average Bonchev–Trinajstić information content (AvgIpc) is 2.91. The molecule has 0 spiro atoms. The molecule has 0 aliphatic carbocycles. The molecule has 3 aromatic rings. The summed E-state index contributed by atoms with van der Waals surface area (Å²) in [7, 11) is 5.45. The van der Waals surface area contributed by atoms with Gasteiger partial charge in [-0.25, -0.2) is 13.2 Å². The third kappa shape index (κ3) is 6.22. The Balaban J connectivity index is 1.38. The van der Waals surface area contributed by atoms with Crippen molar-refractivity contribution in [3.8, 4) is 22.3 Å². The van der Waals surface area contributed by atoms with Crippen LogP contribution in [-0.4, -0.2) is 27.4 Å². The topological polar surface area (TPSA) is 18.5 Å². The Labute approximate surface area is 213 Å². The number of halogens is 3. The quantitative estimate of drug-likeness (QED) is 0.211. The highest BCUT2D eigenvalue weighted by Crippen LogP contribution is 2.32. The molecule has 0 bridgehead atoms. The summed E-state index contributed by atoms with van der Waals surface area (Å²) in [6, 6.07) is 15.1. The van der Waals surface area contributed by atoms with Gasteiger partial charge in [0.1, 0.15) is 5.82 Å². The number of hydrogen-bond acceptors (Lipinski definition) is 2. The number of unbranched alkanes of at least 4 members (excludes halogenated alkanes) is 4. The summed E-state index contributed by atoms with van der Waals surface area (Å²) < 4.78 is 55.3. The molecule has 0 atom stereocenters. The molecule has 1 aliphatic heterocycles. The summed E-state index contributed by atoms with van der Waals surface area (Å²) >= 11 is 0. The first-order valence-corrected chi connectivity index (χ1v) is 12.8. The van der Waals surface area contributed by atoms with Crippen molar-refractivity contribution in [2.24, 2.45) is 0 Å². The molecule has 0 N–H and O–H groups in total. The van der Waals surface area contributed by atoms with E-state index in [1.165, 1.54) is 43.9 Å². The van der Waals surface area contributed by atoms with Gasteiger partial charge in [-0.3, -0.25) is 0 Å². The molecule has 0 unspecified atom stereocenters. The SMILES string of the molecule is [B]Cc1ccc(-c2ccc(-c3ccc(C4COC(CCCCCCC)OC4)c(F)c3)cc2)c(F)c1F. The highest BCUT2D eigenvalue weighted by molar-refractivity contribution is 6.08. The van der Waals surface area contributed by atoms with Crippen LogP contribution in [0.4, 0.5) is 13.2 Å². The van der Waals surface area contributed by atoms with Crippen LogP contribution in [0.2, 0.25) is 0 Å². The first kappa shape index (κ1) is 26.5. The van der Waals surface area contributed by atoms with Crippen molar-refractivity contribution < 1.29 is 22.6 Å². The van der Waals surface area contributed by atoms with Crippen LogP contribution in [0.3, 0.4) is 0 Å². The molecule has 0 aromatic heterocycles. The second-order valence-corrected chi connectivity index (χ2v) is 9.41. The molecule has 36 heavy (non-hydrogen) atoms. The molecular weight excluding hydrogens is 460 g/mol. The first-order valence-electron chi connectivity index (χ1n) is 12.8. The van der Waals surface area contributed by atoms with Gasteiger partial charge in [0.15, 0.2) is 17.9 Å². The van der Waals surface area contributed by atoms with Crippen molar-refractivity contribution in [1.29, 1.82) is 0 Å². The fourth-order valence-electron chi connectivity index (χ4n) is 4.65. The smallest absolute Gasteiger partial charge is 0.166 e. The largest absolute Gasteiger partial charge is 0.352 e. The zero-order valence-corrected chi connectivity index (χ0v) is 20.7. The molecule has 6 heteroatoms. The maximum Gasteiger partial charge on any atom is 0.166 e. The zero-order valence-electron chi connectivity index (χ0n) is 20.7. The van der Waals surface area contributed by atoms with E-state index in [1.54, 1.807) is 30.3 Å². The van der Waals surface area contributed by atoms with Crippen LogP contribution in [0.1, 0.15) is 62.5 Å². The fourth-order valence-corrected chi connectivity index (χ4v) is 4.65. The lowest BCUT2D eigenvalue weighted by atomic mass is 9.93. The third-order valence-electron chi connectivity index (χ3n) is 6.86. The van der Waals surface area contributed by atoms with E-state index in [9.17, 15) is 8.78 Å². The standard InChI is InChI=1S/C30H32BF3O2/c1-2-3-4-5-6-7-28-35-18-24(19-36-28)25-14-12-22(16-27(25)32)20-8-10-21(11-9-20)26-15-13-23(17-31)29(33)30(26)34/h8-16,24,28H,2-7,17-19H2,1H3. The van der Waals surface area contributed by atoms with E-state index >= 15 is 4.39 Å². The second-order valence-electron chi connectivity index (χ2n) is 9.41. The van der Waals surface area contributed by atoms with Gasteiger partial charge < -0.3 is 9.47 Å². The Hall–Kier alpha value is -2.57. The van der Waals surface area contributed by atoms with Crippen molar-refractivity contribution >= 4 is 7.85 Å². The highest BCUT2D eigenvalue weighted by Gasteiger charge is 2.25. The monoisotopic (exact) mass is 492 g/mol. The van der Waals surface area contributed by atoms with E-state index in [2.05, 4.69) is 6.92 Å². The molecule has 2 radical (unpaired) electrons. The van der Waals surface area contributed by atoms with Crippen LogP contribution >= 0.6 is 0 Å². The minimum absolute atomic E-state index is 0.0671. The molecule has 2 nitrogen and oxygen atoms in total. The van der Waals surface area contributed by atoms with Crippen LogP contribution in [0.25, 0.3) is 22.3 Å². The molecule has 1 fully saturated rings. The summed E-state index contributed by atoms with van der Waals surface area (Å²) in [6.45, 7) is 3.08. The van der Waals surface area contributed by atoms with Crippen LogP contribution in [0.5, 0.6) is 0 Å². The lowest BCUT2D eigenvalue weighted by Crippen LogP contribution is -2.31. The van der Waals surface area contributed by atoms with Gasteiger partial charge in [-0.05, 0) is 46.7 Å². The maximum absolute atomic E-state index is 15.0. The predicted molar refractivity (Wildman–Crippen MR) is 138 cm³/mol. The minimum Gasteiger partial charge on any atom is -0.352 e. The van der Waals surface area contributed by atoms with Crippen LogP contribution in [-0.2, 0) is 15.8 Å². The summed E-state index contributed by atoms with van der Waals surface area (Å²) in [4.78, 5) is 0. The normalized spacial score (nSPS) is 17.9. The summed E-state index contributed by atoms with van der Waals surface area (Å²) in [6.07, 6.45) is 6.59. The number of hydrogen-bond donors (Lipinski definition) is 0. The van der Waals surface area contributed by atoms with Gasteiger partial charge in [0.05, 0.1) is 21.1 Å². The van der Waals surface area contributed by atoms with E-state index in [4.69, 9.17) is 17.3 Å². The van der Waals surface area contributed by atoms with Gasteiger partial charge in [0, 0.05) is 11.5 Å². The van der Waals surface area contributed by atoms with E-state index in [0.717, 1.165) is 18.4 Å². The first-order chi connectivity index (χ1) is 17.5. The number of benzene rings is 3. The Bertz CT molecular complexity index is 1140. The second kappa shape index (κ2) is 12.6. The average molecular weight is 492 g/mol. The van der Waals surface area contributed by atoms with Gasteiger partial charge in [0.2, 0.25) is 0 Å². The Kier molecular flexibility index (Phi) is 9.27. The van der Waals surface area contributed by atoms with Crippen molar-refractivity contribution in [2.45, 2.75) is 64.0 Å². The molecule has 1 aliphatic rings. The van der Waals surface area contributed by atoms with Crippen molar-refractivity contribution in [2.75, 3.05) is 13.2 Å². The summed E-state index contributed by atoms with van der Waals surface area (Å²) in [5.41, 5.74) is 2.89. The lowest BCUT2D eigenvalue weighted by molar-refractivity contribution is -0.190. The van der Waals surface area contributed by atoms with Crippen molar-refractivity contribution in [1.82, 2.24) is 0 Å². The molecule has 3 aromatic carbocycles. The van der Waals surface area contributed by atoms with Crippen LogP contribution < -0.4 is 0 Å². The maximum atomic E-state index is 15.0. The Morgan fingerprint density at radius 2 is 1.44 bits per heavy atom. The highest BCUT2D eigenvalue weighted by atomic mass is 19.2. The molecular formula is C30H32BF3O2. The fraction of sp³-hybridized carbons (Fsp3) is 0.400. The van der Waals surface area contributed by atoms with Gasteiger partial charge in [-0.1, -0.05) is 87.5 Å². The zero-order chi connectivity index (χ0) is 25.5. The van der Waals surface area contributed by atoms with Crippen LogP contribution in [0, 0.1) is 17.5 Å². The van der Waals surface area contributed by atoms with E-state index in [-0.39, 0.29) is 35.5 Å². The minimum atomic E-state index is -0.925. The lowest BCUT2D eigenvalue weighted by Gasteiger charge is -2.30.